The van der Waals surface area contributed by atoms with Crippen molar-refractivity contribution in [2.24, 2.45) is 16.6 Å². The lowest BCUT2D eigenvalue weighted by molar-refractivity contribution is -0.0918. The maximum Gasteiger partial charge on any atom is 0.0471 e. The number of ether oxygens (including phenoxy) is 1. The topological polar surface area (TPSA) is 35.2 Å². The molecule has 13 heavy (non-hydrogen) atoms. The van der Waals surface area contributed by atoms with Crippen LogP contribution in [0.15, 0.2) is 0 Å². The molecule has 0 aromatic heterocycles. The van der Waals surface area contributed by atoms with Gasteiger partial charge in [0.25, 0.3) is 0 Å². The van der Waals surface area contributed by atoms with Crippen LogP contribution in [0.1, 0.15) is 39.0 Å². The Morgan fingerprint density at radius 3 is 2.15 bits per heavy atom. The number of hydrogen-bond donors (Lipinski definition) is 1. The fraction of sp³-hybridized carbons (Fsp3) is 1.00. The highest BCUT2D eigenvalue weighted by molar-refractivity contribution is 5.02. The minimum atomic E-state index is 0.469. The summed E-state index contributed by atoms with van der Waals surface area (Å²) in [4.78, 5) is 0. The maximum absolute atomic E-state index is 5.94. The third-order valence-electron chi connectivity index (χ3n) is 4.58. The molecule has 0 atom stereocenters. The summed E-state index contributed by atoms with van der Waals surface area (Å²) in [5.74, 6) is 0. The fourth-order valence-corrected chi connectivity index (χ4v) is 3.01. The zero-order valence-electron chi connectivity index (χ0n) is 8.64. The third-order valence-corrected chi connectivity index (χ3v) is 4.58. The SMILES string of the molecule is CC1(C2(CN)CCC2)CCOCC1. The molecule has 0 bridgehead atoms. The Hall–Kier alpha value is -0.0800. The zero-order valence-corrected chi connectivity index (χ0v) is 8.64. The second kappa shape index (κ2) is 3.25. The van der Waals surface area contributed by atoms with E-state index in [-0.39, 0.29) is 0 Å². The van der Waals surface area contributed by atoms with E-state index in [0.29, 0.717) is 10.8 Å². The first kappa shape index (κ1) is 9.47. The molecule has 2 nitrogen and oxygen atoms in total. The van der Waals surface area contributed by atoms with Gasteiger partial charge in [0.15, 0.2) is 0 Å². The Bertz CT molecular complexity index is 175. The molecule has 2 aliphatic rings. The van der Waals surface area contributed by atoms with Crippen molar-refractivity contribution >= 4 is 0 Å². The van der Waals surface area contributed by atoms with Crippen LogP contribution in [-0.2, 0) is 4.74 Å². The summed E-state index contributed by atoms with van der Waals surface area (Å²) in [5, 5.41) is 0. The van der Waals surface area contributed by atoms with Crippen molar-refractivity contribution in [1.82, 2.24) is 0 Å². The second-order valence-corrected chi connectivity index (χ2v) is 5.01. The van der Waals surface area contributed by atoms with Gasteiger partial charge in [-0.05, 0) is 43.1 Å². The van der Waals surface area contributed by atoms with Gasteiger partial charge in [-0.3, -0.25) is 0 Å². The molecule has 0 aromatic rings. The summed E-state index contributed by atoms with van der Waals surface area (Å²) in [6.45, 7) is 5.18. The van der Waals surface area contributed by atoms with Gasteiger partial charge in [-0.2, -0.15) is 0 Å². The first-order chi connectivity index (χ1) is 6.22. The minimum absolute atomic E-state index is 0.469. The monoisotopic (exact) mass is 183 g/mol. The molecule has 0 radical (unpaired) electrons. The molecule has 0 aromatic carbocycles. The molecule has 76 valence electrons. The Labute approximate surface area is 80.8 Å². The van der Waals surface area contributed by atoms with Crippen LogP contribution in [0.3, 0.4) is 0 Å². The van der Waals surface area contributed by atoms with Crippen LogP contribution in [0.5, 0.6) is 0 Å². The average molecular weight is 183 g/mol. The quantitative estimate of drug-likeness (QED) is 0.710. The molecule has 1 saturated carbocycles. The standard InChI is InChI=1S/C11H21NO/c1-10(5-7-13-8-6-10)11(9-12)3-2-4-11/h2-9,12H2,1H3. The highest BCUT2D eigenvalue weighted by Gasteiger charge is 2.50. The average Bonchev–Trinajstić information content (AvgIpc) is 2.04. The van der Waals surface area contributed by atoms with Crippen molar-refractivity contribution in [2.45, 2.75) is 39.0 Å². The molecule has 1 aliphatic heterocycles. The molecule has 2 heteroatoms. The van der Waals surface area contributed by atoms with E-state index in [9.17, 15) is 0 Å². The van der Waals surface area contributed by atoms with Crippen molar-refractivity contribution in [3.8, 4) is 0 Å². The lowest BCUT2D eigenvalue weighted by Gasteiger charge is -2.56. The Kier molecular flexibility index (Phi) is 2.37. The summed E-state index contributed by atoms with van der Waals surface area (Å²) in [6, 6.07) is 0. The summed E-state index contributed by atoms with van der Waals surface area (Å²) in [5.41, 5.74) is 6.88. The first-order valence-electron chi connectivity index (χ1n) is 5.50. The van der Waals surface area contributed by atoms with E-state index in [1.807, 2.05) is 0 Å². The van der Waals surface area contributed by atoms with Gasteiger partial charge < -0.3 is 10.5 Å². The lowest BCUT2D eigenvalue weighted by Crippen LogP contribution is -2.52. The van der Waals surface area contributed by atoms with Gasteiger partial charge in [-0.15, -0.1) is 0 Å². The van der Waals surface area contributed by atoms with Gasteiger partial charge in [0.1, 0.15) is 0 Å². The highest BCUT2D eigenvalue weighted by Crippen LogP contribution is 2.57. The van der Waals surface area contributed by atoms with Gasteiger partial charge >= 0.3 is 0 Å². The minimum Gasteiger partial charge on any atom is -0.381 e. The van der Waals surface area contributed by atoms with E-state index >= 15 is 0 Å². The van der Waals surface area contributed by atoms with Crippen molar-refractivity contribution in [1.29, 1.82) is 0 Å². The second-order valence-electron chi connectivity index (χ2n) is 5.01. The van der Waals surface area contributed by atoms with Gasteiger partial charge in [-0.25, -0.2) is 0 Å². The van der Waals surface area contributed by atoms with Gasteiger partial charge in [0.2, 0.25) is 0 Å². The maximum atomic E-state index is 5.94. The largest absolute Gasteiger partial charge is 0.381 e. The van der Waals surface area contributed by atoms with Crippen LogP contribution in [0.25, 0.3) is 0 Å². The van der Waals surface area contributed by atoms with E-state index in [1.54, 1.807) is 0 Å². The number of nitrogens with two attached hydrogens (primary N) is 1. The van der Waals surface area contributed by atoms with Crippen LogP contribution in [-0.4, -0.2) is 19.8 Å². The van der Waals surface area contributed by atoms with Crippen molar-refractivity contribution in [2.75, 3.05) is 19.8 Å². The van der Waals surface area contributed by atoms with Crippen LogP contribution >= 0.6 is 0 Å². The van der Waals surface area contributed by atoms with E-state index in [2.05, 4.69) is 6.92 Å². The molecule has 0 amide bonds. The zero-order chi connectivity index (χ0) is 9.36. The summed E-state index contributed by atoms with van der Waals surface area (Å²) in [7, 11) is 0. The fourth-order valence-electron chi connectivity index (χ4n) is 3.01. The lowest BCUT2D eigenvalue weighted by atomic mass is 9.51. The molecule has 1 aliphatic carbocycles. The van der Waals surface area contributed by atoms with Gasteiger partial charge in [0, 0.05) is 13.2 Å². The summed E-state index contributed by atoms with van der Waals surface area (Å²) >= 11 is 0. The Morgan fingerprint density at radius 1 is 1.15 bits per heavy atom. The van der Waals surface area contributed by atoms with Crippen molar-refractivity contribution in [3.05, 3.63) is 0 Å². The number of hydrogen-bond acceptors (Lipinski definition) is 2. The van der Waals surface area contributed by atoms with E-state index in [0.717, 1.165) is 19.8 Å². The summed E-state index contributed by atoms with van der Waals surface area (Å²) in [6.07, 6.45) is 6.50. The van der Waals surface area contributed by atoms with E-state index < -0.39 is 0 Å². The predicted octanol–water partition coefficient (Wildman–Crippen LogP) is 1.93. The van der Waals surface area contributed by atoms with Gasteiger partial charge in [0.05, 0.1) is 0 Å². The van der Waals surface area contributed by atoms with Crippen LogP contribution in [0.2, 0.25) is 0 Å². The smallest absolute Gasteiger partial charge is 0.0471 e. The Morgan fingerprint density at radius 2 is 1.77 bits per heavy atom. The molecule has 2 rings (SSSR count). The van der Waals surface area contributed by atoms with Crippen molar-refractivity contribution < 1.29 is 4.74 Å². The molecule has 2 fully saturated rings. The molecule has 2 N–H and O–H groups in total. The first-order valence-corrected chi connectivity index (χ1v) is 5.50. The Balaban J connectivity index is 2.10. The van der Waals surface area contributed by atoms with E-state index in [1.165, 1.54) is 32.1 Å². The number of rotatable bonds is 2. The van der Waals surface area contributed by atoms with Crippen LogP contribution in [0.4, 0.5) is 0 Å². The highest BCUT2D eigenvalue weighted by atomic mass is 16.5. The van der Waals surface area contributed by atoms with Crippen molar-refractivity contribution in [3.63, 3.8) is 0 Å². The molecular weight excluding hydrogens is 162 g/mol. The molecule has 1 heterocycles. The molecule has 0 unspecified atom stereocenters. The predicted molar refractivity (Wildman–Crippen MR) is 53.5 cm³/mol. The molecular formula is C11H21NO. The van der Waals surface area contributed by atoms with Crippen LogP contribution < -0.4 is 5.73 Å². The van der Waals surface area contributed by atoms with Gasteiger partial charge in [-0.1, -0.05) is 13.3 Å². The van der Waals surface area contributed by atoms with E-state index in [4.69, 9.17) is 10.5 Å². The normalized spacial score (nSPS) is 30.9. The van der Waals surface area contributed by atoms with Crippen LogP contribution in [0, 0.1) is 10.8 Å². The summed E-state index contributed by atoms with van der Waals surface area (Å²) < 4.78 is 5.43. The molecule has 1 saturated heterocycles. The third kappa shape index (κ3) is 1.31. The molecule has 0 spiro atoms.